The van der Waals surface area contributed by atoms with Crippen LogP contribution in [0.15, 0.2) is 0 Å². The van der Waals surface area contributed by atoms with Crippen molar-refractivity contribution in [2.45, 2.75) is 58.0 Å². The minimum Gasteiger partial charge on any atom is -0.457 e. The molecule has 0 aromatic heterocycles. The maximum absolute atomic E-state index is 11.5. The summed E-state index contributed by atoms with van der Waals surface area (Å²) in [6.45, 7) is 6.74. The number of esters is 1. The van der Waals surface area contributed by atoms with Crippen LogP contribution in [0.2, 0.25) is 0 Å². The lowest BCUT2D eigenvalue weighted by Gasteiger charge is -2.24. The van der Waals surface area contributed by atoms with Gasteiger partial charge in [0.1, 0.15) is 11.7 Å². The van der Waals surface area contributed by atoms with Gasteiger partial charge >= 0.3 is 12.1 Å². The molecule has 0 unspecified atom stereocenters. The highest BCUT2D eigenvalue weighted by atomic mass is 16.6. The number of alkyl carbamates (subject to hydrolysis) is 1. The molecule has 2 N–H and O–H groups in total. The average Bonchev–Trinajstić information content (AvgIpc) is 2.42. The number of hydrogen-bond acceptors (Lipinski definition) is 5. The molecule has 6 nitrogen and oxygen atoms in total. The second-order valence-corrected chi connectivity index (χ2v) is 5.15. The van der Waals surface area contributed by atoms with E-state index >= 15 is 0 Å². The van der Waals surface area contributed by atoms with Gasteiger partial charge in [0.25, 0.3) is 0 Å². The monoisotopic (exact) mass is 245 g/mol. The SMILES string of the molecule is C[C@H](O)[C@@H]1OC(=O)C[C@@H]1NC(=O)OC(C)(C)C. The molecule has 1 fully saturated rings. The standard InChI is InChI=1S/C11H19NO5/c1-6(13)9-7(5-8(14)16-9)12-10(15)17-11(2,3)4/h6-7,9,13H,5H2,1-4H3,(H,12,15)/t6-,7-,9-/m0/s1. The predicted octanol–water partition coefficient (Wildman–Crippen LogP) is 0.576. The van der Waals surface area contributed by atoms with Crippen LogP contribution in [0.25, 0.3) is 0 Å². The summed E-state index contributed by atoms with van der Waals surface area (Å²) in [6, 6.07) is -0.544. The van der Waals surface area contributed by atoms with Gasteiger partial charge in [-0.3, -0.25) is 4.79 Å². The van der Waals surface area contributed by atoms with E-state index in [9.17, 15) is 14.7 Å². The molecule has 6 heteroatoms. The summed E-state index contributed by atoms with van der Waals surface area (Å²) in [4.78, 5) is 22.6. The van der Waals surface area contributed by atoms with Crippen LogP contribution < -0.4 is 5.32 Å². The molecule has 3 atom stereocenters. The van der Waals surface area contributed by atoms with E-state index in [1.807, 2.05) is 0 Å². The predicted molar refractivity (Wildman–Crippen MR) is 59.3 cm³/mol. The Balaban J connectivity index is 2.55. The topological polar surface area (TPSA) is 84.9 Å². The highest BCUT2D eigenvalue weighted by molar-refractivity contribution is 5.75. The van der Waals surface area contributed by atoms with Gasteiger partial charge in [-0.25, -0.2) is 4.79 Å². The van der Waals surface area contributed by atoms with Crippen molar-refractivity contribution < 1.29 is 24.2 Å². The Morgan fingerprint density at radius 2 is 2.18 bits per heavy atom. The van der Waals surface area contributed by atoms with Crippen LogP contribution in [-0.4, -0.2) is 41.0 Å². The van der Waals surface area contributed by atoms with Crippen molar-refractivity contribution in [1.29, 1.82) is 0 Å². The Labute approximate surface area is 100 Å². The van der Waals surface area contributed by atoms with Crippen molar-refractivity contribution in [2.75, 3.05) is 0 Å². The van der Waals surface area contributed by atoms with Crippen molar-refractivity contribution in [1.82, 2.24) is 5.32 Å². The first kappa shape index (κ1) is 13.8. The van der Waals surface area contributed by atoms with Gasteiger partial charge in [-0.2, -0.15) is 0 Å². The average molecular weight is 245 g/mol. The number of aliphatic hydroxyl groups excluding tert-OH is 1. The van der Waals surface area contributed by atoms with Crippen LogP contribution in [-0.2, 0) is 14.3 Å². The molecule has 1 heterocycles. The first-order chi connectivity index (χ1) is 7.69. The number of ether oxygens (including phenoxy) is 2. The fourth-order valence-corrected chi connectivity index (χ4v) is 1.60. The van der Waals surface area contributed by atoms with Gasteiger partial charge in [-0.15, -0.1) is 0 Å². The Hall–Kier alpha value is -1.30. The first-order valence-corrected chi connectivity index (χ1v) is 5.56. The molecule has 1 aliphatic heterocycles. The second kappa shape index (κ2) is 4.91. The highest BCUT2D eigenvalue weighted by Gasteiger charge is 2.39. The lowest BCUT2D eigenvalue weighted by molar-refractivity contribution is -0.145. The summed E-state index contributed by atoms with van der Waals surface area (Å²) in [5.74, 6) is -0.433. The molecule has 98 valence electrons. The molecule has 0 radical (unpaired) electrons. The van der Waals surface area contributed by atoms with Crippen LogP contribution in [0.4, 0.5) is 4.79 Å². The molecule has 0 bridgehead atoms. The number of aliphatic hydroxyl groups is 1. The summed E-state index contributed by atoms with van der Waals surface area (Å²) in [6.07, 6.45) is -2.11. The maximum Gasteiger partial charge on any atom is 0.408 e. The van der Waals surface area contributed by atoms with Crippen LogP contribution in [0.5, 0.6) is 0 Å². The van der Waals surface area contributed by atoms with Crippen LogP contribution in [0, 0.1) is 0 Å². The minimum atomic E-state index is -0.832. The van der Waals surface area contributed by atoms with Gasteiger partial charge in [-0.1, -0.05) is 0 Å². The van der Waals surface area contributed by atoms with Gasteiger partial charge in [0, 0.05) is 0 Å². The summed E-state index contributed by atoms with van der Waals surface area (Å²) < 4.78 is 9.97. The molecule has 1 saturated heterocycles. The van der Waals surface area contributed by atoms with Gasteiger partial charge in [-0.05, 0) is 27.7 Å². The van der Waals surface area contributed by atoms with Gasteiger partial charge in [0.2, 0.25) is 0 Å². The largest absolute Gasteiger partial charge is 0.457 e. The van der Waals surface area contributed by atoms with Crippen LogP contribution in [0.1, 0.15) is 34.1 Å². The molecule has 0 aromatic carbocycles. The normalized spacial score (nSPS) is 26.3. The van der Waals surface area contributed by atoms with Crippen molar-refractivity contribution in [3.05, 3.63) is 0 Å². The van der Waals surface area contributed by atoms with E-state index in [0.29, 0.717) is 0 Å². The van der Waals surface area contributed by atoms with E-state index in [0.717, 1.165) is 0 Å². The third-order valence-corrected chi connectivity index (χ3v) is 2.23. The van der Waals surface area contributed by atoms with Gasteiger partial charge < -0.3 is 19.9 Å². The van der Waals surface area contributed by atoms with Crippen molar-refractivity contribution in [3.8, 4) is 0 Å². The Morgan fingerprint density at radius 3 is 2.65 bits per heavy atom. The Morgan fingerprint density at radius 1 is 1.59 bits per heavy atom. The van der Waals surface area contributed by atoms with Crippen molar-refractivity contribution in [2.24, 2.45) is 0 Å². The molecule has 1 rings (SSSR count). The van der Waals surface area contributed by atoms with E-state index in [1.165, 1.54) is 6.92 Å². The fraction of sp³-hybridized carbons (Fsp3) is 0.818. The fourth-order valence-electron chi connectivity index (χ4n) is 1.60. The molecule has 0 aromatic rings. The molecule has 17 heavy (non-hydrogen) atoms. The Kier molecular flexibility index (Phi) is 3.98. The molecule has 1 aliphatic rings. The minimum absolute atomic E-state index is 0.0504. The highest BCUT2D eigenvalue weighted by Crippen LogP contribution is 2.19. The van der Waals surface area contributed by atoms with Gasteiger partial charge in [0.15, 0.2) is 0 Å². The second-order valence-electron chi connectivity index (χ2n) is 5.15. The molecule has 0 aliphatic carbocycles. The molecule has 1 amide bonds. The van der Waals surface area contributed by atoms with Crippen molar-refractivity contribution in [3.63, 3.8) is 0 Å². The summed E-state index contributed by atoms with van der Waals surface area (Å²) >= 11 is 0. The smallest absolute Gasteiger partial charge is 0.408 e. The molecular formula is C11H19NO5. The lowest BCUT2D eigenvalue weighted by Crippen LogP contribution is -2.46. The number of amides is 1. The van der Waals surface area contributed by atoms with E-state index in [2.05, 4.69) is 5.32 Å². The molecule has 0 spiro atoms. The Bertz CT molecular complexity index is 307. The summed E-state index contributed by atoms with van der Waals surface area (Å²) in [5.41, 5.74) is -0.603. The van der Waals surface area contributed by atoms with E-state index in [1.54, 1.807) is 20.8 Å². The quantitative estimate of drug-likeness (QED) is 0.695. The number of nitrogens with one attached hydrogen (secondary N) is 1. The number of cyclic esters (lactones) is 1. The number of carbonyl (C=O) groups is 2. The number of carbonyl (C=O) groups excluding carboxylic acids is 2. The van der Waals surface area contributed by atoms with Crippen LogP contribution in [0.3, 0.4) is 0 Å². The van der Waals surface area contributed by atoms with E-state index in [-0.39, 0.29) is 6.42 Å². The third-order valence-electron chi connectivity index (χ3n) is 2.23. The number of hydrogen-bond donors (Lipinski definition) is 2. The van der Waals surface area contributed by atoms with E-state index in [4.69, 9.17) is 9.47 Å². The third kappa shape index (κ3) is 4.22. The van der Waals surface area contributed by atoms with Crippen LogP contribution >= 0.6 is 0 Å². The molecule has 0 saturated carbocycles. The maximum atomic E-state index is 11.5. The number of rotatable bonds is 2. The van der Waals surface area contributed by atoms with Crippen molar-refractivity contribution >= 4 is 12.1 Å². The zero-order valence-corrected chi connectivity index (χ0v) is 10.5. The van der Waals surface area contributed by atoms with E-state index < -0.39 is 35.9 Å². The zero-order chi connectivity index (χ0) is 13.2. The zero-order valence-electron chi connectivity index (χ0n) is 10.5. The van der Waals surface area contributed by atoms with Gasteiger partial charge in [0.05, 0.1) is 18.6 Å². The summed E-state index contributed by atoms with van der Waals surface area (Å²) in [5, 5.41) is 11.9. The summed E-state index contributed by atoms with van der Waals surface area (Å²) in [7, 11) is 0. The first-order valence-electron chi connectivity index (χ1n) is 5.56. The molecular weight excluding hydrogens is 226 g/mol. The lowest BCUT2D eigenvalue weighted by atomic mass is 10.1.